The molecule has 31 heavy (non-hydrogen) atoms. The van der Waals surface area contributed by atoms with Gasteiger partial charge in [-0.2, -0.15) is 0 Å². The minimum Gasteiger partial charge on any atom is -0.506 e. The smallest absolute Gasteiger partial charge is 0.194 e. The van der Waals surface area contributed by atoms with E-state index in [9.17, 15) is 5.11 Å². The summed E-state index contributed by atoms with van der Waals surface area (Å²) >= 11 is 0. The minimum atomic E-state index is 0.334. The number of aliphatic imine (C=N–C) groups is 1. The lowest BCUT2D eigenvalue weighted by Gasteiger charge is -2.37. The van der Waals surface area contributed by atoms with E-state index in [2.05, 4.69) is 44.4 Å². The number of rotatable bonds is 9. The van der Waals surface area contributed by atoms with Gasteiger partial charge in [-0.25, -0.2) is 0 Å². The molecular weight excluding hydrogens is 392 g/mol. The van der Waals surface area contributed by atoms with Crippen LogP contribution in [0, 0.1) is 0 Å². The van der Waals surface area contributed by atoms with Crippen LogP contribution in [0.2, 0.25) is 0 Å². The lowest BCUT2D eigenvalue weighted by Crippen LogP contribution is -2.52. The van der Waals surface area contributed by atoms with Crippen molar-refractivity contribution in [1.29, 1.82) is 0 Å². The highest BCUT2D eigenvalue weighted by Crippen LogP contribution is 2.27. The summed E-state index contributed by atoms with van der Waals surface area (Å²) < 4.78 is 11.0. The van der Waals surface area contributed by atoms with Crippen LogP contribution in [-0.2, 0) is 22.6 Å². The van der Waals surface area contributed by atoms with Crippen molar-refractivity contribution in [2.45, 2.75) is 20.1 Å². The average molecular weight is 427 g/mol. The number of guanidine groups is 1. The van der Waals surface area contributed by atoms with Crippen molar-refractivity contribution >= 4 is 11.6 Å². The number of nitrogens with one attached hydrogen (secondary N) is 1. The summed E-state index contributed by atoms with van der Waals surface area (Å²) in [6.07, 6.45) is 0. The van der Waals surface area contributed by atoms with Gasteiger partial charge in [-0.15, -0.1) is 0 Å². The van der Waals surface area contributed by atoms with Crippen molar-refractivity contribution < 1.29 is 14.6 Å². The number of benzene rings is 2. The molecule has 0 radical (unpaired) electrons. The second kappa shape index (κ2) is 12.2. The molecule has 0 aliphatic carbocycles. The van der Waals surface area contributed by atoms with Crippen LogP contribution >= 0.6 is 0 Å². The molecule has 2 aromatic carbocycles. The number of hydrogen-bond acceptors (Lipinski definition) is 5. The van der Waals surface area contributed by atoms with Crippen LogP contribution in [-0.4, -0.2) is 69.0 Å². The van der Waals surface area contributed by atoms with Crippen molar-refractivity contribution in [3.8, 4) is 5.75 Å². The van der Waals surface area contributed by atoms with Crippen LogP contribution in [0.3, 0.4) is 0 Å². The molecule has 7 heteroatoms. The summed E-state index contributed by atoms with van der Waals surface area (Å²) in [4.78, 5) is 8.95. The molecule has 0 bridgehead atoms. The molecule has 1 heterocycles. The second-order valence-electron chi connectivity index (χ2n) is 7.43. The van der Waals surface area contributed by atoms with E-state index >= 15 is 0 Å². The molecule has 168 valence electrons. The van der Waals surface area contributed by atoms with Crippen LogP contribution < -0.4 is 10.2 Å². The van der Waals surface area contributed by atoms with Gasteiger partial charge in [-0.05, 0) is 30.2 Å². The van der Waals surface area contributed by atoms with Crippen LogP contribution in [0.4, 0.5) is 5.69 Å². The Bertz CT molecular complexity index is 835. The number of nitrogens with zero attached hydrogens (tertiary/aromatic N) is 3. The minimum absolute atomic E-state index is 0.334. The molecule has 2 aromatic rings. The topological polar surface area (TPSA) is 69.6 Å². The van der Waals surface area contributed by atoms with Gasteiger partial charge in [0.25, 0.3) is 0 Å². The van der Waals surface area contributed by atoms with E-state index < -0.39 is 0 Å². The van der Waals surface area contributed by atoms with Crippen molar-refractivity contribution in [2.24, 2.45) is 4.99 Å². The number of phenolic OH excluding ortho intramolecular Hbond substituents is 1. The van der Waals surface area contributed by atoms with Gasteiger partial charge >= 0.3 is 0 Å². The largest absolute Gasteiger partial charge is 0.506 e. The third-order valence-corrected chi connectivity index (χ3v) is 5.30. The monoisotopic (exact) mass is 426 g/mol. The van der Waals surface area contributed by atoms with Gasteiger partial charge in [0.2, 0.25) is 0 Å². The summed E-state index contributed by atoms with van der Waals surface area (Å²) in [7, 11) is 1.82. The Balaban J connectivity index is 1.47. The molecule has 1 aliphatic heterocycles. The quantitative estimate of drug-likeness (QED) is 0.365. The van der Waals surface area contributed by atoms with E-state index in [1.165, 1.54) is 5.56 Å². The summed E-state index contributed by atoms with van der Waals surface area (Å²) in [6, 6.07) is 15.9. The molecular formula is C24H34N4O3. The molecule has 0 saturated carbocycles. The lowest BCUT2D eigenvalue weighted by molar-refractivity contribution is 0.0453. The molecule has 7 nitrogen and oxygen atoms in total. The Morgan fingerprint density at radius 2 is 1.74 bits per heavy atom. The van der Waals surface area contributed by atoms with Crippen LogP contribution in [0.1, 0.15) is 18.1 Å². The molecule has 0 amide bonds. The first-order chi connectivity index (χ1) is 15.2. The number of phenols is 1. The van der Waals surface area contributed by atoms with Gasteiger partial charge in [-0.3, -0.25) is 4.99 Å². The van der Waals surface area contributed by atoms with Crippen molar-refractivity contribution in [3.05, 3.63) is 59.7 Å². The van der Waals surface area contributed by atoms with Gasteiger partial charge in [0, 0.05) is 46.4 Å². The Morgan fingerprint density at radius 3 is 2.48 bits per heavy atom. The normalized spacial score (nSPS) is 14.7. The fourth-order valence-corrected chi connectivity index (χ4v) is 3.69. The number of piperazine rings is 1. The van der Waals surface area contributed by atoms with Crippen molar-refractivity contribution in [2.75, 3.05) is 57.9 Å². The number of anilines is 1. The summed E-state index contributed by atoms with van der Waals surface area (Å²) in [5.41, 5.74) is 3.24. The zero-order valence-electron chi connectivity index (χ0n) is 18.6. The van der Waals surface area contributed by atoms with Crippen molar-refractivity contribution in [1.82, 2.24) is 10.2 Å². The van der Waals surface area contributed by atoms with Gasteiger partial charge < -0.3 is 29.7 Å². The highest BCUT2D eigenvalue weighted by Gasteiger charge is 2.21. The molecule has 0 unspecified atom stereocenters. The van der Waals surface area contributed by atoms with Gasteiger partial charge in [0.1, 0.15) is 5.75 Å². The number of ether oxygens (including phenoxy) is 2. The fraction of sp³-hybridized carbons (Fsp3) is 0.458. The second-order valence-corrected chi connectivity index (χ2v) is 7.43. The van der Waals surface area contributed by atoms with Crippen LogP contribution in [0.15, 0.2) is 53.5 Å². The van der Waals surface area contributed by atoms with Gasteiger partial charge in [0.05, 0.1) is 25.5 Å². The first-order valence-electron chi connectivity index (χ1n) is 10.9. The summed E-state index contributed by atoms with van der Waals surface area (Å²) in [6.45, 7) is 8.61. The lowest BCUT2D eigenvalue weighted by atomic mass is 10.1. The number of para-hydroxylation sites is 2. The molecule has 0 aromatic heterocycles. The third kappa shape index (κ3) is 6.87. The fourth-order valence-electron chi connectivity index (χ4n) is 3.69. The molecule has 2 N–H and O–H groups in total. The van der Waals surface area contributed by atoms with E-state index in [-0.39, 0.29) is 0 Å². The molecule has 1 saturated heterocycles. The Hall–Kier alpha value is -2.77. The van der Waals surface area contributed by atoms with Crippen molar-refractivity contribution in [3.63, 3.8) is 0 Å². The first-order valence-corrected chi connectivity index (χ1v) is 10.9. The van der Waals surface area contributed by atoms with E-state index in [4.69, 9.17) is 9.47 Å². The van der Waals surface area contributed by atoms with Gasteiger partial charge in [-0.1, -0.05) is 36.4 Å². The predicted molar refractivity (Wildman–Crippen MR) is 125 cm³/mol. The standard InChI is InChI=1S/C24H34N4O3/c1-3-30-15-16-31-19-21-8-6-7-20(17-21)18-26-24(25-2)28-13-11-27(12-14-28)22-9-4-5-10-23(22)29/h4-10,17,29H,3,11-16,18-19H2,1-2H3,(H,25,26). The average Bonchev–Trinajstić information content (AvgIpc) is 2.80. The zero-order valence-corrected chi connectivity index (χ0v) is 18.6. The third-order valence-electron chi connectivity index (χ3n) is 5.30. The predicted octanol–water partition coefficient (Wildman–Crippen LogP) is 2.84. The Morgan fingerprint density at radius 1 is 1.00 bits per heavy atom. The first kappa shape index (κ1) is 22.9. The van der Waals surface area contributed by atoms with E-state index in [0.29, 0.717) is 32.1 Å². The van der Waals surface area contributed by atoms with Gasteiger partial charge in [0.15, 0.2) is 5.96 Å². The highest BCUT2D eigenvalue weighted by atomic mass is 16.5. The highest BCUT2D eigenvalue weighted by molar-refractivity contribution is 5.80. The summed E-state index contributed by atoms with van der Waals surface area (Å²) in [5.74, 6) is 1.23. The van der Waals surface area contributed by atoms with Crippen LogP contribution in [0.25, 0.3) is 0 Å². The molecule has 0 spiro atoms. The molecule has 3 rings (SSSR count). The van der Waals surface area contributed by atoms with E-state index in [0.717, 1.165) is 50.0 Å². The van der Waals surface area contributed by atoms with E-state index in [1.807, 2.05) is 32.2 Å². The number of hydrogen-bond donors (Lipinski definition) is 2. The summed E-state index contributed by atoms with van der Waals surface area (Å²) in [5, 5.41) is 13.6. The zero-order chi connectivity index (χ0) is 21.9. The Kier molecular flexibility index (Phi) is 8.99. The maximum atomic E-state index is 10.1. The maximum Gasteiger partial charge on any atom is 0.194 e. The van der Waals surface area contributed by atoms with E-state index in [1.54, 1.807) is 6.07 Å². The molecule has 1 fully saturated rings. The molecule has 1 aliphatic rings. The molecule has 0 atom stereocenters. The number of aromatic hydroxyl groups is 1. The van der Waals surface area contributed by atoms with Crippen LogP contribution in [0.5, 0.6) is 5.75 Å². The Labute approximate surface area is 185 Å². The SMILES string of the molecule is CCOCCOCc1cccc(CNC(=NC)N2CCN(c3ccccc3O)CC2)c1. The maximum absolute atomic E-state index is 10.1.